The highest BCUT2D eigenvalue weighted by atomic mass is 32.2. The Morgan fingerprint density at radius 1 is 1.43 bits per heavy atom. The molecule has 2 saturated heterocycles. The Morgan fingerprint density at radius 2 is 2.14 bits per heavy atom. The van der Waals surface area contributed by atoms with Crippen molar-refractivity contribution in [1.82, 2.24) is 10.2 Å². The molecule has 0 aromatic rings. The van der Waals surface area contributed by atoms with Crippen LogP contribution in [0.2, 0.25) is 0 Å². The molecule has 0 aromatic carbocycles. The zero-order valence-corrected chi connectivity index (χ0v) is 13.5. The summed E-state index contributed by atoms with van der Waals surface area (Å²) in [6, 6.07) is 0. The molecule has 2 rings (SSSR count). The van der Waals surface area contributed by atoms with Gasteiger partial charge in [0.1, 0.15) is 0 Å². The van der Waals surface area contributed by atoms with Crippen molar-refractivity contribution >= 4 is 21.7 Å². The van der Waals surface area contributed by atoms with E-state index in [1.54, 1.807) is 4.90 Å². The molecule has 2 unspecified atom stereocenters. The van der Waals surface area contributed by atoms with Crippen molar-refractivity contribution in [1.29, 1.82) is 0 Å². The first-order valence-corrected chi connectivity index (χ1v) is 9.35. The normalized spacial score (nSPS) is 28.3. The van der Waals surface area contributed by atoms with Crippen LogP contribution in [0.15, 0.2) is 0 Å². The van der Waals surface area contributed by atoms with Gasteiger partial charge in [-0.3, -0.25) is 9.59 Å². The van der Waals surface area contributed by atoms with Crippen molar-refractivity contribution in [2.45, 2.75) is 26.7 Å². The highest BCUT2D eigenvalue weighted by Gasteiger charge is 2.35. The van der Waals surface area contributed by atoms with Crippen LogP contribution in [0.4, 0.5) is 0 Å². The van der Waals surface area contributed by atoms with Gasteiger partial charge in [-0.1, -0.05) is 13.8 Å². The van der Waals surface area contributed by atoms with E-state index >= 15 is 0 Å². The Balaban J connectivity index is 1.78. The molecule has 2 fully saturated rings. The van der Waals surface area contributed by atoms with Gasteiger partial charge in [0.15, 0.2) is 9.84 Å². The Bertz CT molecular complexity index is 515. The first-order valence-electron chi connectivity index (χ1n) is 7.52. The summed E-state index contributed by atoms with van der Waals surface area (Å²) in [7, 11) is -2.91. The molecule has 21 heavy (non-hydrogen) atoms. The molecule has 0 aliphatic carbocycles. The van der Waals surface area contributed by atoms with E-state index in [1.807, 2.05) is 13.8 Å². The van der Waals surface area contributed by atoms with Gasteiger partial charge in [0, 0.05) is 26.1 Å². The summed E-state index contributed by atoms with van der Waals surface area (Å²) in [5.41, 5.74) is 0. The number of carbonyl (C=O) groups is 2. The number of nitrogens with one attached hydrogen (secondary N) is 1. The van der Waals surface area contributed by atoms with Gasteiger partial charge in [0.2, 0.25) is 11.8 Å². The summed E-state index contributed by atoms with van der Waals surface area (Å²) >= 11 is 0. The fourth-order valence-corrected chi connectivity index (χ4v) is 4.85. The Hall–Kier alpha value is -1.11. The minimum absolute atomic E-state index is 0.0165. The number of likely N-dealkylation sites (tertiary alicyclic amines) is 1. The summed E-state index contributed by atoms with van der Waals surface area (Å²) in [4.78, 5) is 25.7. The molecule has 6 nitrogen and oxygen atoms in total. The summed E-state index contributed by atoms with van der Waals surface area (Å²) in [5.74, 6) is 0.399. The van der Waals surface area contributed by atoms with Gasteiger partial charge in [-0.05, 0) is 18.3 Å². The van der Waals surface area contributed by atoms with Gasteiger partial charge in [-0.2, -0.15) is 0 Å². The Kier molecular flexibility index (Phi) is 4.91. The van der Waals surface area contributed by atoms with Crippen LogP contribution in [0.1, 0.15) is 26.7 Å². The topological polar surface area (TPSA) is 83.6 Å². The second-order valence-corrected chi connectivity index (χ2v) is 8.84. The summed E-state index contributed by atoms with van der Waals surface area (Å²) in [6.07, 6.45) is 0.882. The molecule has 2 aliphatic rings. The highest BCUT2D eigenvalue weighted by molar-refractivity contribution is 7.91. The van der Waals surface area contributed by atoms with Crippen molar-refractivity contribution in [2.24, 2.45) is 17.8 Å². The first-order chi connectivity index (χ1) is 9.77. The molecule has 120 valence electrons. The standard InChI is InChI=1S/C14H24N2O4S/c1-10(2)7-16-8-12(5-13(16)17)14(18)15-6-11-3-4-21(19,20)9-11/h10-12H,3-9H2,1-2H3,(H,15,18). The number of nitrogens with zero attached hydrogens (tertiary/aromatic N) is 1. The summed E-state index contributed by atoms with van der Waals surface area (Å²) < 4.78 is 22.7. The van der Waals surface area contributed by atoms with Crippen molar-refractivity contribution in [2.75, 3.05) is 31.1 Å². The molecule has 0 bridgehead atoms. The molecule has 1 N–H and O–H groups in total. The number of hydrogen-bond acceptors (Lipinski definition) is 4. The smallest absolute Gasteiger partial charge is 0.225 e. The predicted molar refractivity (Wildman–Crippen MR) is 79.3 cm³/mol. The molecule has 0 radical (unpaired) electrons. The quantitative estimate of drug-likeness (QED) is 0.776. The molecule has 0 spiro atoms. The van der Waals surface area contributed by atoms with Crippen LogP contribution in [-0.2, 0) is 19.4 Å². The maximum absolute atomic E-state index is 12.1. The molecule has 2 amide bonds. The van der Waals surface area contributed by atoms with Crippen LogP contribution < -0.4 is 5.32 Å². The average molecular weight is 316 g/mol. The van der Waals surface area contributed by atoms with Crippen LogP contribution in [-0.4, -0.2) is 56.3 Å². The van der Waals surface area contributed by atoms with E-state index in [0.29, 0.717) is 32.0 Å². The maximum Gasteiger partial charge on any atom is 0.225 e. The average Bonchev–Trinajstić information content (AvgIpc) is 2.90. The zero-order chi connectivity index (χ0) is 15.6. The zero-order valence-electron chi connectivity index (χ0n) is 12.7. The molecule has 0 aromatic heterocycles. The van der Waals surface area contributed by atoms with E-state index < -0.39 is 9.84 Å². The van der Waals surface area contributed by atoms with Crippen LogP contribution in [0.3, 0.4) is 0 Å². The van der Waals surface area contributed by atoms with Gasteiger partial charge < -0.3 is 10.2 Å². The van der Waals surface area contributed by atoms with Gasteiger partial charge in [-0.15, -0.1) is 0 Å². The summed E-state index contributed by atoms with van der Waals surface area (Å²) in [5, 5.41) is 2.82. The third-order valence-corrected chi connectivity index (χ3v) is 5.90. The predicted octanol–water partition coefficient (Wildman–Crippen LogP) is 0.0418. The number of rotatable bonds is 5. The van der Waals surface area contributed by atoms with Gasteiger partial charge in [0.25, 0.3) is 0 Å². The van der Waals surface area contributed by atoms with Crippen LogP contribution in [0.25, 0.3) is 0 Å². The Morgan fingerprint density at radius 3 is 2.71 bits per heavy atom. The first kappa shape index (κ1) is 16.3. The van der Waals surface area contributed by atoms with E-state index in [0.717, 1.165) is 0 Å². The van der Waals surface area contributed by atoms with Crippen molar-refractivity contribution in [3.63, 3.8) is 0 Å². The Labute approximate surface area is 126 Å². The largest absolute Gasteiger partial charge is 0.355 e. The lowest BCUT2D eigenvalue weighted by atomic mass is 10.1. The van der Waals surface area contributed by atoms with Crippen LogP contribution >= 0.6 is 0 Å². The van der Waals surface area contributed by atoms with Crippen LogP contribution in [0, 0.1) is 17.8 Å². The lowest BCUT2D eigenvalue weighted by Crippen LogP contribution is -2.36. The third-order valence-electron chi connectivity index (χ3n) is 4.06. The molecule has 0 saturated carbocycles. The third kappa shape index (κ3) is 4.43. The second kappa shape index (κ2) is 6.34. The van der Waals surface area contributed by atoms with E-state index in [4.69, 9.17) is 0 Å². The summed E-state index contributed by atoms with van der Waals surface area (Å²) in [6.45, 7) is 5.64. The van der Waals surface area contributed by atoms with Gasteiger partial charge >= 0.3 is 0 Å². The van der Waals surface area contributed by atoms with Crippen LogP contribution in [0.5, 0.6) is 0 Å². The highest BCUT2D eigenvalue weighted by Crippen LogP contribution is 2.20. The number of hydrogen-bond donors (Lipinski definition) is 1. The monoisotopic (exact) mass is 316 g/mol. The van der Waals surface area contributed by atoms with Crippen molar-refractivity contribution < 1.29 is 18.0 Å². The minimum Gasteiger partial charge on any atom is -0.355 e. The molecule has 7 heteroatoms. The molecule has 2 heterocycles. The van der Waals surface area contributed by atoms with Crippen molar-refractivity contribution in [3.8, 4) is 0 Å². The van der Waals surface area contributed by atoms with Gasteiger partial charge in [0.05, 0.1) is 17.4 Å². The molecular formula is C14H24N2O4S. The van der Waals surface area contributed by atoms with E-state index in [1.165, 1.54) is 0 Å². The number of sulfone groups is 1. The maximum atomic E-state index is 12.1. The molecule has 2 aliphatic heterocycles. The number of amides is 2. The minimum atomic E-state index is -2.91. The lowest BCUT2D eigenvalue weighted by Gasteiger charge is -2.19. The van der Waals surface area contributed by atoms with E-state index in [-0.39, 0.29) is 41.6 Å². The van der Waals surface area contributed by atoms with E-state index in [9.17, 15) is 18.0 Å². The number of carbonyl (C=O) groups excluding carboxylic acids is 2. The van der Waals surface area contributed by atoms with Gasteiger partial charge in [-0.25, -0.2) is 8.42 Å². The second-order valence-electron chi connectivity index (χ2n) is 6.61. The lowest BCUT2D eigenvalue weighted by molar-refractivity contribution is -0.129. The fraction of sp³-hybridized carbons (Fsp3) is 0.857. The molecule has 2 atom stereocenters. The SMILES string of the molecule is CC(C)CN1CC(C(=O)NCC2CCS(=O)(=O)C2)CC1=O. The van der Waals surface area contributed by atoms with Crippen molar-refractivity contribution in [3.05, 3.63) is 0 Å². The fourth-order valence-electron chi connectivity index (χ4n) is 2.99. The molecular weight excluding hydrogens is 292 g/mol. The van der Waals surface area contributed by atoms with E-state index in [2.05, 4.69) is 5.32 Å².